The van der Waals surface area contributed by atoms with Crippen LogP contribution in [0.4, 0.5) is 17.5 Å². The van der Waals surface area contributed by atoms with Gasteiger partial charge in [-0.1, -0.05) is 18.7 Å². The van der Waals surface area contributed by atoms with Crippen LogP contribution in [0.1, 0.15) is 6.92 Å². The van der Waals surface area contributed by atoms with Gasteiger partial charge in [0.1, 0.15) is 11.6 Å². The fourth-order valence-electron chi connectivity index (χ4n) is 3.91. The summed E-state index contributed by atoms with van der Waals surface area (Å²) < 4.78 is 0. The van der Waals surface area contributed by atoms with Crippen LogP contribution in [0.2, 0.25) is 0 Å². The maximum Gasteiger partial charge on any atom is 0.228 e. The van der Waals surface area contributed by atoms with Crippen molar-refractivity contribution in [3.8, 4) is 17.0 Å². The summed E-state index contributed by atoms with van der Waals surface area (Å²) in [5.74, 6) is 1.57. The highest BCUT2D eigenvalue weighted by molar-refractivity contribution is 5.83. The molecule has 0 radical (unpaired) electrons. The molecule has 5 rings (SSSR count). The van der Waals surface area contributed by atoms with Gasteiger partial charge in [-0.15, -0.1) is 0 Å². The minimum absolute atomic E-state index is 0.206. The van der Waals surface area contributed by atoms with Gasteiger partial charge in [0.25, 0.3) is 0 Å². The first kappa shape index (κ1) is 19.9. The van der Waals surface area contributed by atoms with Crippen LogP contribution in [0, 0.1) is 0 Å². The van der Waals surface area contributed by atoms with Gasteiger partial charge in [-0.3, -0.25) is 5.10 Å². The van der Waals surface area contributed by atoms with E-state index in [0.29, 0.717) is 11.8 Å². The zero-order valence-corrected chi connectivity index (χ0v) is 17.9. The SMILES string of the molecule is C=C(C)N1CCN(c2nc(Nc3ccc4[nH]ncc4c3)cc(-c3cccc(O)c3)n2)CC1. The molecule has 0 aliphatic carbocycles. The van der Waals surface area contributed by atoms with E-state index in [4.69, 9.17) is 9.97 Å². The van der Waals surface area contributed by atoms with Crippen LogP contribution in [0.25, 0.3) is 22.2 Å². The van der Waals surface area contributed by atoms with Crippen molar-refractivity contribution in [2.75, 3.05) is 36.4 Å². The fraction of sp³-hybridized carbons (Fsp3) is 0.208. The van der Waals surface area contributed by atoms with Crippen LogP contribution in [0.15, 0.2) is 67.0 Å². The highest BCUT2D eigenvalue weighted by atomic mass is 16.3. The van der Waals surface area contributed by atoms with Gasteiger partial charge in [-0.2, -0.15) is 10.1 Å². The molecule has 0 saturated carbocycles. The summed E-state index contributed by atoms with van der Waals surface area (Å²) in [6.07, 6.45) is 1.80. The Morgan fingerprint density at radius 3 is 2.69 bits per heavy atom. The quantitative estimate of drug-likeness (QED) is 0.441. The number of allylic oxidation sites excluding steroid dienone is 1. The highest BCUT2D eigenvalue weighted by Gasteiger charge is 2.20. The van der Waals surface area contributed by atoms with Crippen molar-refractivity contribution in [3.05, 3.63) is 67.0 Å². The van der Waals surface area contributed by atoms with E-state index in [1.165, 1.54) is 0 Å². The molecule has 0 bridgehead atoms. The number of phenols is 1. The maximum absolute atomic E-state index is 9.97. The second-order valence-electron chi connectivity index (χ2n) is 8.00. The van der Waals surface area contributed by atoms with E-state index in [-0.39, 0.29) is 5.75 Å². The lowest BCUT2D eigenvalue weighted by Crippen LogP contribution is -2.46. The zero-order chi connectivity index (χ0) is 22.1. The lowest BCUT2D eigenvalue weighted by Gasteiger charge is -2.36. The molecule has 2 aromatic heterocycles. The molecular weight excluding hydrogens is 402 g/mol. The lowest BCUT2D eigenvalue weighted by molar-refractivity contribution is 0.321. The Morgan fingerprint density at radius 1 is 1.06 bits per heavy atom. The molecule has 1 saturated heterocycles. The van der Waals surface area contributed by atoms with Gasteiger partial charge < -0.3 is 20.2 Å². The first-order chi connectivity index (χ1) is 15.5. The molecule has 1 fully saturated rings. The van der Waals surface area contributed by atoms with Crippen LogP contribution in [-0.4, -0.2) is 56.4 Å². The molecule has 4 aromatic rings. The van der Waals surface area contributed by atoms with Crippen molar-refractivity contribution in [1.82, 2.24) is 25.1 Å². The van der Waals surface area contributed by atoms with Gasteiger partial charge >= 0.3 is 0 Å². The van der Waals surface area contributed by atoms with E-state index in [2.05, 4.69) is 31.9 Å². The predicted molar refractivity (Wildman–Crippen MR) is 127 cm³/mol. The van der Waals surface area contributed by atoms with Crippen molar-refractivity contribution < 1.29 is 5.11 Å². The summed E-state index contributed by atoms with van der Waals surface area (Å²) in [5, 5.41) is 21.5. The summed E-state index contributed by atoms with van der Waals surface area (Å²) in [6, 6.07) is 15.0. The number of nitrogens with zero attached hydrogens (tertiary/aromatic N) is 5. The number of aromatic amines is 1. The molecule has 8 nitrogen and oxygen atoms in total. The van der Waals surface area contributed by atoms with E-state index < -0.39 is 0 Å². The molecule has 3 heterocycles. The Labute approximate surface area is 186 Å². The number of phenolic OH excluding ortho intramolecular Hbond substituents is 1. The Morgan fingerprint density at radius 2 is 1.91 bits per heavy atom. The minimum Gasteiger partial charge on any atom is -0.508 e. The number of anilines is 3. The third-order valence-electron chi connectivity index (χ3n) is 5.67. The normalized spacial score (nSPS) is 14.0. The standard InChI is InChI=1S/C24H25N7O/c1-16(2)30-8-10-31(11-9-30)24-27-22(17-4-3-5-20(32)13-17)14-23(28-24)26-19-6-7-21-18(12-19)15-25-29-21/h3-7,12-15,32H,1,8-11H2,2H3,(H,25,29)(H,26,27,28). The van der Waals surface area contributed by atoms with Crippen LogP contribution >= 0.6 is 0 Å². The number of aromatic hydroxyl groups is 1. The summed E-state index contributed by atoms with van der Waals surface area (Å²) in [6.45, 7) is 9.49. The van der Waals surface area contributed by atoms with Gasteiger partial charge in [-0.25, -0.2) is 4.98 Å². The first-order valence-corrected chi connectivity index (χ1v) is 10.6. The molecule has 0 unspecified atom stereocenters. The van der Waals surface area contributed by atoms with E-state index in [0.717, 1.165) is 59.7 Å². The molecule has 1 aliphatic rings. The molecule has 0 amide bonds. The number of rotatable bonds is 5. The second kappa shape index (κ2) is 8.22. The highest BCUT2D eigenvalue weighted by Crippen LogP contribution is 2.28. The third-order valence-corrected chi connectivity index (χ3v) is 5.67. The molecule has 2 aromatic carbocycles. The van der Waals surface area contributed by atoms with Crippen LogP contribution < -0.4 is 10.2 Å². The largest absolute Gasteiger partial charge is 0.508 e. The second-order valence-corrected chi connectivity index (χ2v) is 8.00. The molecule has 0 spiro atoms. The Bertz CT molecular complexity index is 1270. The first-order valence-electron chi connectivity index (χ1n) is 10.6. The molecule has 162 valence electrons. The number of piperazine rings is 1. The van der Waals surface area contributed by atoms with Crippen molar-refractivity contribution in [2.24, 2.45) is 0 Å². The smallest absolute Gasteiger partial charge is 0.228 e. The zero-order valence-electron chi connectivity index (χ0n) is 17.9. The molecule has 3 N–H and O–H groups in total. The maximum atomic E-state index is 9.97. The van der Waals surface area contributed by atoms with Crippen LogP contribution in [0.3, 0.4) is 0 Å². The van der Waals surface area contributed by atoms with E-state index in [1.807, 2.05) is 43.3 Å². The molecule has 8 heteroatoms. The van der Waals surface area contributed by atoms with Gasteiger partial charge in [0, 0.05) is 54.6 Å². The number of hydrogen-bond donors (Lipinski definition) is 3. The topological polar surface area (TPSA) is 93.2 Å². The minimum atomic E-state index is 0.206. The Kier molecular flexibility index (Phi) is 5.10. The number of hydrogen-bond acceptors (Lipinski definition) is 7. The Balaban J connectivity index is 1.49. The van der Waals surface area contributed by atoms with Gasteiger partial charge in [0.15, 0.2) is 0 Å². The molecule has 0 atom stereocenters. The summed E-state index contributed by atoms with van der Waals surface area (Å²) in [7, 11) is 0. The van der Waals surface area contributed by atoms with Gasteiger partial charge in [0.2, 0.25) is 5.95 Å². The van der Waals surface area contributed by atoms with Gasteiger partial charge in [-0.05, 0) is 37.3 Å². The third kappa shape index (κ3) is 4.07. The van der Waals surface area contributed by atoms with Crippen molar-refractivity contribution in [2.45, 2.75) is 6.92 Å². The molecular formula is C24H25N7O. The Hall–Kier alpha value is -4.07. The average molecular weight is 428 g/mol. The number of aromatic nitrogens is 4. The van der Waals surface area contributed by atoms with Crippen LogP contribution in [0.5, 0.6) is 5.75 Å². The summed E-state index contributed by atoms with van der Waals surface area (Å²) in [4.78, 5) is 14.1. The van der Waals surface area contributed by atoms with Gasteiger partial charge in [0.05, 0.1) is 17.4 Å². The van der Waals surface area contributed by atoms with Crippen molar-refractivity contribution >= 4 is 28.4 Å². The van der Waals surface area contributed by atoms with E-state index in [1.54, 1.807) is 18.3 Å². The van der Waals surface area contributed by atoms with Crippen molar-refractivity contribution in [3.63, 3.8) is 0 Å². The lowest BCUT2D eigenvalue weighted by atomic mass is 10.1. The fourth-order valence-corrected chi connectivity index (χ4v) is 3.91. The van der Waals surface area contributed by atoms with E-state index >= 15 is 0 Å². The number of fused-ring (bicyclic) bond motifs is 1. The van der Waals surface area contributed by atoms with Crippen LogP contribution in [-0.2, 0) is 0 Å². The number of benzene rings is 2. The number of nitrogens with one attached hydrogen (secondary N) is 2. The van der Waals surface area contributed by atoms with Crippen molar-refractivity contribution in [1.29, 1.82) is 0 Å². The average Bonchev–Trinajstić information content (AvgIpc) is 3.27. The summed E-state index contributed by atoms with van der Waals surface area (Å²) in [5.41, 5.74) is 4.56. The van der Waals surface area contributed by atoms with E-state index in [9.17, 15) is 5.11 Å². The molecule has 1 aliphatic heterocycles. The monoisotopic (exact) mass is 427 g/mol. The summed E-state index contributed by atoms with van der Waals surface area (Å²) >= 11 is 0. The molecule has 32 heavy (non-hydrogen) atoms. The number of H-pyrrole nitrogens is 1. The predicted octanol–water partition coefficient (Wildman–Crippen LogP) is 4.12.